The predicted molar refractivity (Wildman–Crippen MR) is 110 cm³/mol. The van der Waals surface area contributed by atoms with Crippen LogP contribution in [0.25, 0.3) is 0 Å². The summed E-state index contributed by atoms with van der Waals surface area (Å²) in [6.07, 6.45) is 10.8. The van der Waals surface area contributed by atoms with Gasteiger partial charge in [0.25, 0.3) is 0 Å². The van der Waals surface area contributed by atoms with E-state index in [0.29, 0.717) is 17.4 Å². The lowest BCUT2D eigenvalue weighted by Gasteiger charge is -2.15. The SMILES string of the molecule is NC(=O)c1ccc(Oc2ccc3c(c2)CCC3CNCCC2CCCC2)nc1. The van der Waals surface area contributed by atoms with E-state index in [1.807, 2.05) is 6.07 Å². The van der Waals surface area contributed by atoms with Gasteiger partial charge in [0.1, 0.15) is 5.75 Å². The molecule has 3 N–H and O–H groups in total. The molecule has 1 unspecified atom stereocenters. The van der Waals surface area contributed by atoms with E-state index in [1.54, 1.807) is 12.1 Å². The van der Waals surface area contributed by atoms with E-state index in [0.717, 1.165) is 31.2 Å². The van der Waals surface area contributed by atoms with Crippen LogP contribution < -0.4 is 15.8 Å². The molecule has 4 rings (SSSR count). The fourth-order valence-corrected chi connectivity index (χ4v) is 4.55. The van der Waals surface area contributed by atoms with Gasteiger partial charge in [0, 0.05) is 18.8 Å². The first-order valence-electron chi connectivity index (χ1n) is 10.5. The summed E-state index contributed by atoms with van der Waals surface area (Å²) < 4.78 is 5.85. The monoisotopic (exact) mass is 379 g/mol. The predicted octanol–water partition coefficient (Wildman–Crippen LogP) is 4.17. The minimum atomic E-state index is -0.487. The molecule has 0 spiro atoms. The highest BCUT2D eigenvalue weighted by molar-refractivity contribution is 5.92. The highest BCUT2D eigenvalue weighted by atomic mass is 16.5. The number of carbonyl (C=O) groups is 1. The van der Waals surface area contributed by atoms with Crippen LogP contribution in [0.15, 0.2) is 36.5 Å². The van der Waals surface area contributed by atoms with E-state index in [-0.39, 0.29) is 0 Å². The average molecular weight is 380 g/mol. The molecule has 0 radical (unpaired) electrons. The first kappa shape index (κ1) is 18.9. The molecule has 148 valence electrons. The Morgan fingerprint density at radius 3 is 2.79 bits per heavy atom. The van der Waals surface area contributed by atoms with E-state index >= 15 is 0 Å². The zero-order chi connectivity index (χ0) is 19.3. The van der Waals surface area contributed by atoms with Crippen LogP contribution in [0, 0.1) is 5.92 Å². The van der Waals surface area contributed by atoms with Crippen molar-refractivity contribution in [1.29, 1.82) is 0 Å². The van der Waals surface area contributed by atoms with E-state index in [4.69, 9.17) is 10.5 Å². The smallest absolute Gasteiger partial charge is 0.250 e. The molecular formula is C23H29N3O2. The number of ether oxygens (including phenoxy) is 1. The molecule has 1 saturated carbocycles. The van der Waals surface area contributed by atoms with Gasteiger partial charge in [0.15, 0.2) is 0 Å². The van der Waals surface area contributed by atoms with Gasteiger partial charge < -0.3 is 15.8 Å². The molecule has 1 amide bonds. The molecule has 0 saturated heterocycles. The summed E-state index contributed by atoms with van der Waals surface area (Å²) in [5, 5.41) is 3.68. The maximum atomic E-state index is 11.1. The Morgan fingerprint density at radius 1 is 1.18 bits per heavy atom. The van der Waals surface area contributed by atoms with Gasteiger partial charge in [-0.2, -0.15) is 0 Å². The normalized spacial score (nSPS) is 18.9. The first-order valence-corrected chi connectivity index (χ1v) is 10.5. The number of primary amides is 1. The van der Waals surface area contributed by atoms with Gasteiger partial charge in [0.2, 0.25) is 11.8 Å². The maximum Gasteiger partial charge on any atom is 0.250 e. The molecule has 0 aliphatic heterocycles. The van der Waals surface area contributed by atoms with Crippen LogP contribution >= 0.6 is 0 Å². The van der Waals surface area contributed by atoms with Crippen LogP contribution in [-0.4, -0.2) is 24.0 Å². The number of amides is 1. The van der Waals surface area contributed by atoms with Crippen molar-refractivity contribution in [1.82, 2.24) is 10.3 Å². The number of rotatable bonds is 8. The van der Waals surface area contributed by atoms with Gasteiger partial charge in [-0.1, -0.05) is 31.7 Å². The van der Waals surface area contributed by atoms with Crippen molar-refractivity contribution in [2.24, 2.45) is 11.7 Å². The molecule has 1 fully saturated rings. The van der Waals surface area contributed by atoms with Crippen molar-refractivity contribution in [2.75, 3.05) is 13.1 Å². The summed E-state index contributed by atoms with van der Waals surface area (Å²) in [7, 11) is 0. The van der Waals surface area contributed by atoms with Gasteiger partial charge >= 0.3 is 0 Å². The molecule has 0 bridgehead atoms. The lowest BCUT2D eigenvalue weighted by molar-refractivity contribution is 0.1000. The molecule has 1 atom stereocenters. The third-order valence-electron chi connectivity index (χ3n) is 6.15. The molecule has 28 heavy (non-hydrogen) atoms. The summed E-state index contributed by atoms with van der Waals surface area (Å²) in [6, 6.07) is 9.63. The van der Waals surface area contributed by atoms with Crippen LogP contribution in [0.5, 0.6) is 11.6 Å². The second-order valence-electron chi connectivity index (χ2n) is 8.09. The van der Waals surface area contributed by atoms with Crippen molar-refractivity contribution in [3.8, 4) is 11.6 Å². The summed E-state index contributed by atoms with van der Waals surface area (Å²) in [5.74, 6) is 2.31. The standard InChI is InChI=1S/C23H29N3O2/c24-23(27)19-7-10-22(26-15-19)28-20-8-9-21-17(13-20)5-6-18(21)14-25-12-11-16-3-1-2-4-16/h7-10,13,15-16,18,25H,1-6,11-12,14H2,(H2,24,27). The largest absolute Gasteiger partial charge is 0.439 e. The number of aryl methyl sites for hydroxylation is 1. The van der Waals surface area contributed by atoms with Gasteiger partial charge in [-0.05, 0) is 67.0 Å². The zero-order valence-electron chi connectivity index (χ0n) is 16.3. The van der Waals surface area contributed by atoms with E-state index in [1.165, 1.54) is 55.8 Å². The molecule has 1 aromatic carbocycles. The lowest BCUT2D eigenvalue weighted by Crippen LogP contribution is -2.23. The minimum Gasteiger partial charge on any atom is -0.439 e. The first-order chi connectivity index (χ1) is 13.7. The third-order valence-corrected chi connectivity index (χ3v) is 6.15. The molecule has 2 aliphatic carbocycles. The summed E-state index contributed by atoms with van der Waals surface area (Å²) in [5.41, 5.74) is 8.43. The Labute approximate surface area is 166 Å². The number of fused-ring (bicyclic) bond motifs is 1. The highest BCUT2D eigenvalue weighted by Crippen LogP contribution is 2.36. The molecular weight excluding hydrogens is 350 g/mol. The fraction of sp³-hybridized carbons (Fsp3) is 0.478. The van der Waals surface area contributed by atoms with Crippen LogP contribution in [-0.2, 0) is 6.42 Å². The number of nitrogens with two attached hydrogens (primary N) is 1. The average Bonchev–Trinajstić information content (AvgIpc) is 3.35. The number of aromatic nitrogens is 1. The Balaban J connectivity index is 1.30. The second-order valence-corrected chi connectivity index (χ2v) is 8.09. The van der Waals surface area contributed by atoms with E-state index in [9.17, 15) is 4.79 Å². The molecule has 1 aromatic heterocycles. The van der Waals surface area contributed by atoms with Crippen molar-refractivity contribution >= 4 is 5.91 Å². The number of benzene rings is 1. The van der Waals surface area contributed by atoms with E-state index in [2.05, 4.69) is 22.4 Å². The fourth-order valence-electron chi connectivity index (χ4n) is 4.55. The Hall–Kier alpha value is -2.40. The molecule has 5 nitrogen and oxygen atoms in total. The van der Waals surface area contributed by atoms with Gasteiger partial charge in [0.05, 0.1) is 5.56 Å². The summed E-state index contributed by atoms with van der Waals surface area (Å²) in [4.78, 5) is 15.3. The van der Waals surface area contributed by atoms with Crippen LogP contribution in [0.4, 0.5) is 0 Å². The maximum absolute atomic E-state index is 11.1. The minimum absolute atomic E-state index is 0.379. The van der Waals surface area contributed by atoms with Crippen LogP contribution in [0.1, 0.15) is 65.9 Å². The van der Waals surface area contributed by atoms with Crippen molar-refractivity contribution < 1.29 is 9.53 Å². The van der Waals surface area contributed by atoms with E-state index < -0.39 is 5.91 Å². The number of pyridine rings is 1. The van der Waals surface area contributed by atoms with Crippen molar-refractivity contribution in [2.45, 2.75) is 50.9 Å². The topological polar surface area (TPSA) is 77.2 Å². The van der Waals surface area contributed by atoms with Gasteiger partial charge in [-0.3, -0.25) is 4.79 Å². The third kappa shape index (κ3) is 4.53. The van der Waals surface area contributed by atoms with Gasteiger partial charge in [-0.15, -0.1) is 0 Å². The number of carbonyl (C=O) groups excluding carboxylic acids is 1. The van der Waals surface area contributed by atoms with Crippen LogP contribution in [0.3, 0.4) is 0 Å². The summed E-state index contributed by atoms with van der Waals surface area (Å²) >= 11 is 0. The van der Waals surface area contributed by atoms with Crippen molar-refractivity contribution in [3.63, 3.8) is 0 Å². The Kier molecular flexibility index (Phi) is 5.91. The molecule has 2 aromatic rings. The zero-order valence-corrected chi connectivity index (χ0v) is 16.3. The van der Waals surface area contributed by atoms with Gasteiger partial charge in [-0.25, -0.2) is 4.98 Å². The molecule has 1 heterocycles. The molecule has 5 heteroatoms. The second kappa shape index (κ2) is 8.74. The number of hydrogen-bond donors (Lipinski definition) is 2. The highest BCUT2D eigenvalue weighted by Gasteiger charge is 2.23. The Morgan fingerprint density at radius 2 is 2.04 bits per heavy atom. The Bertz CT molecular complexity index is 813. The lowest BCUT2D eigenvalue weighted by atomic mass is 10.0. The quantitative estimate of drug-likeness (QED) is 0.675. The van der Waals surface area contributed by atoms with Crippen molar-refractivity contribution in [3.05, 3.63) is 53.2 Å². The number of hydrogen-bond acceptors (Lipinski definition) is 4. The summed E-state index contributed by atoms with van der Waals surface area (Å²) in [6.45, 7) is 2.21. The number of nitrogens with one attached hydrogen (secondary N) is 1. The number of nitrogens with zero attached hydrogens (tertiary/aromatic N) is 1. The van der Waals surface area contributed by atoms with Crippen LogP contribution in [0.2, 0.25) is 0 Å². The molecule has 2 aliphatic rings.